The molecule has 1 atom stereocenters. The van der Waals surface area contributed by atoms with Gasteiger partial charge in [0.15, 0.2) is 0 Å². The molecule has 0 spiro atoms. The lowest BCUT2D eigenvalue weighted by Gasteiger charge is -2.41. The summed E-state index contributed by atoms with van der Waals surface area (Å²) in [5, 5.41) is 2.69. The molecule has 2 rings (SSSR count). The molecule has 1 saturated heterocycles. The van der Waals surface area contributed by atoms with Gasteiger partial charge >= 0.3 is 0 Å². The molecule has 1 unspecified atom stereocenters. The highest BCUT2D eigenvalue weighted by atomic mass is 16.2. The minimum absolute atomic E-state index is 0.0278. The number of nitrogens with zero attached hydrogens (tertiary/aromatic N) is 1. The normalized spacial score (nSPS) is 28.9. The SMILES string of the molecule is CNC(=O)C1(C)CCN(C(=O)CC2(CN)CCC2)C1. The average molecular weight is 267 g/mol. The molecule has 0 bridgehead atoms. The molecule has 2 amide bonds. The Kier molecular flexibility index (Phi) is 3.85. The summed E-state index contributed by atoms with van der Waals surface area (Å²) in [7, 11) is 1.65. The highest BCUT2D eigenvalue weighted by molar-refractivity contribution is 5.85. The van der Waals surface area contributed by atoms with Crippen LogP contribution in [0.15, 0.2) is 0 Å². The van der Waals surface area contributed by atoms with Gasteiger partial charge in [-0.15, -0.1) is 0 Å². The van der Waals surface area contributed by atoms with Gasteiger partial charge in [-0.05, 0) is 38.1 Å². The number of hydrogen-bond acceptors (Lipinski definition) is 3. The second-order valence-corrected chi connectivity index (χ2v) is 6.44. The second-order valence-electron chi connectivity index (χ2n) is 6.44. The molecule has 0 aromatic rings. The fraction of sp³-hybridized carbons (Fsp3) is 0.857. The van der Waals surface area contributed by atoms with Crippen LogP contribution in [0.3, 0.4) is 0 Å². The van der Waals surface area contributed by atoms with Crippen LogP contribution in [0.5, 0.6) is 0 Å². The molecule has 5 nitrogen and oxygen atoms in total. The van der Waals surface area contributed by atoms with Crippen molar-refractivity contribution in [2.45, 2.75) is 39.0 Å². The summed E-state index contributed by atoms with van der Waals surface area (Å²) in [5.74, 6) is 0.192. The van der Waals surface area contributed by atoms with Crippen LogP contribution in [0.4, 0.5) is 0 Å². The molecule has 1 aliphatic carbocycles. The third-order valence-electron chi connectivity index (χ3n) is 4.97. The summed E-state index contributed by atoms with van der Waals surface area (Å²) >= 11 is 0. The van der Waals surface area contributed by atoms with Gasteiger partial charge in [-0.25, -0.2) is 0 Å². The van der Waals surface area contributed by atoms with Gasteiger partial charge in [0.1, 0.15) is 0 Å². The summed E-state index contributed by atoms with van der Waals surface area (Å²) < 4.78 is 0. The Morgan fingerprint density at radius 1 is 1.32 bits per heavy atom. The molecule has 0 aromatic carbocycles. The number of nitrogens with one attached hydrogen (secondary N) is 1. The van der Waals surface area contributed by atoms with Gasteiger partial charge in [-0.3, -0.25) is 9.59 Å². The van der Waals surface area contributed by atoms with Crippen LogP contribution in [0.1, 0.15) is 39.0 Å². The van der Waals surface area contributed by atoms with E-state index in [0.29, 0.717) is 26.1 Å². The summed E-state index contributed by atoms with van der Waals surface area (Å²) in [5.41, 5.74) is 5.42. The maximum Gasteiger partial charge on any atom is 0.227 e. The van der Waals surface area contributed by atoms with E-state index in [0.717, 1.165) is 19.3 Å². The Balaban J connectivity index is 1.93. The fourth-order valence-corrected chi connectivity index (χ4v) is 3.22. The molecule has 0 aromatic heterocycles. The number of rotatable bonds is 4. The Bertz CT molecular complexity index is 373. The van der Waals surface area contributed by atoms with E-state index in [-0.39, 0.29) is 17.2 Å². The van der Waals surface area contributed by atoms with Crippen molar-refractivity contribution in [3.8, 4) is 0 Å². The molecule has 19 heavy (non-hydrogen) atoms. The molecule has 1 saturated carbocycles. The summed E-state index contributed by atoms with van der Waals surface area (Å²) in [6, 6.07) is 0. The quantitative estimate of drug-likeness (QED) is 0.778. The molecule has 1 aliphatic heterocycles. The van der Waals surface area contributed by atoms with Crippen LogP contribution in [0, 0.1) is 10.8 Å². The van der Waals surface area contributed by atoms with Crippen molar-refractivity contribution >= 4 is 11.8 Å². The van der Waals surface area contributed by atoms with Crippen molar-refractivity contribution in [1.29, 1.82) is 0 Å². The van der Waals surface area contributed by atoms with E-state index >= 15 is 0 Å². The maximum atomic E-state index is 12.3. The van der Waals surface area contributed by atoms with E-state index in [4.69, 9.17) is 5.73 Å². The topological polar surface area (TPSA) is 75.4 Å². The van der Waals surface area contributed by atoms with Crippen molar-refractivity contribution in [2.24, 2.45) is 16.6 Å². The second kappa shape index (κ2) is 5.12. The highest BCUT2D eigenvalue weighted by Gasteiger charge is 2.44. The lowest BCUT2D eigenvalue weighted by atomic mass is 9.66. The van der Waals surface area contributed by atoms with E-state index in [9.17, 15) is 9.59 Å². The minimum Gasteiger partial charge on any atom is -0.359 e. The largest absolute Gasteiger partial charge is 0.359 e. The monoisotopic (exact) mass is 267 g/mol. The first-order valence-electron chi connectivity index (χ1n) is 7.15. The number of carbonyl (C=O) groups is 2. The predicted octanol–water partition coefficient (Wildman–Crippen LogP) is 0.490. The van der Waals surface area contributed by atoms with Gasteiger partial charge < -0.3 is 16.0 Å². The van der Waals surface area contributed by atoms with Crippen molar-refractivity contribution in [3.05, 3.63) is 0 Å². The minimum atomic E-state index is -0.431. The van der Waals surface area contributed by atoms with Crippen molar-refractivity contribution in [3.63, 3.8) is 0 Å². The number of amides is 2. The Morgan fingerprint density at radius 3 is 2.47 bits per heavy atom. The molecular weight excluding hydrogens is 242 g/mol. The average Bonchev–Trinajstić information content (AvgIpc) is 2.76. The Hall–Kier alpha value is -1.10. The van der Waals surface area contributed by atoms with E-state index in [1.807, 2.05) is 11.8 Å². The fourth-order valence-electron chi connectivity index (χ4n) is 3.22. The van der Waals surface area contributed by atoms with Gasteiger partial charge in [0, 0.05) is 26.6 Å². The molecule has 2 aliphatic rings. The number of hydrogen-bond donors (Lipinski definition) is 2. The molecule has 3 N–H and O–H groups in total. The lowest BCUT2D eigenvalue weighted by molar-refractivity contribution is -0.135. The highest BCUT2D eigenvalue weighted by Crippen LogP contribution is 2.44. The lowest BCUT2D eigenvalue weighted by Crippen LogP contribution is -2.44. The number of carbonyl (C=O) groups excluding carboxylic acids is 2. The Labute approximate surface area is 114 Å². The van der Waals surface area contributed by atoms with Crippen LogP contribution in [0.2, 0.25) is 0 Å². The van der Waals surface area contributed by atoms with Crippen LogP contribution in [-0.2, 0) is 9.59 Å². The van der Waals surface area contributed by atoms with Gasteiger partial charge in [0.25, 0.3) is 0 Å². The first-order chi connectivity index (χ1) is 8.95. The zero-order valence-electron chi connectivity index (χ0n) is 12.0. The summed E-state index contributed by atoms with van der Waals surface area (Å²) in [4.78, 5) is 26.0. The van der Waals surface area contributed by atoms with Gasteiger partial charge in [-0.1, -0.05) is 6.42 Å². The zero-order chi connectivity index (χ0) is 14.1. The number of nitrogens with two attached hydrogens (primary N) is 1. The molecule has 108 valence electrons. The zero-order valence-corrected chi connectivity index (χ0v) is 12.0. The van der Waals surface area contributed by atoms with E-state index in [1.165, 1.54) is 6.42 Å². The van der Waals surface area contributed by atoms with Gasteiger partial charge in [-0.2, -0.15) is 0 Å². The summed E-state index contributed by atoms with van der Waals surface area (Å²) in [6.07, 6.45) is 4.60. The smallest absolute Gasteiger partial charge is 0.227 e. The van der Waals surface area contributed by atoms with Crippen LogP contribution in [0.25, 0.3) is 0 Å². The van der Waals surface area contributed by atoms with E-state index in [2.05, 4.69) is 5.32 Å². The Morgan fingerprint density at radius 2 is 2.00 bits per heavy atom. The van der Waals surface area contributed by atoms with Crippen molar-refractivity contribution in [1.82, 2.24) is 10.2 Å². The van der Waals surface area contributed by atoms with Crippen LogP contribution in [-0.4, -0.2) is 43.4 Å². The standard InChI is InChI=1S/C14H25N3O2/c1-13(12(19)16-2)6-7-17(10-13)11(18)8-14(9-15)4-3-5-14/h3-10,15H2,1-2H3,(H,16,19). The number of likely N-dealkylation sites (tertiary alicyclic amines) is 1. The first-order valence-corrected chi connectivity index (χ1v) is 7.15. The summed E-state index contributed by atoms with van der Waals surface area (Å²) in [6.45, 7) is 3.75. The molecule has 5 heteroatoms. The maximum absolute atomic E-state index is 12.3. The third kappa shape index (κ3) is 2.61. The molecule has 1 heterocycles. The van der Waals surface area contributed by atoms with E-state index in [1.54, 1.807) is 7.05 Å². The van der Waals surface area contributed by atoms with Crippen molar-refractivity contribution in [2.75, 3.05) is 26.7 Å². The van der Waals surface area contributed by atoms with Gasteiger partial charge in [0.2, 0.25) is 11.8 Å². The first kappa shape index (κ1) is 14.3. The van der Waals surface area contributed by atoms with Gasteiger partial charge in [0.05, 0.1) is 5.41 Å². The van der Waals surface area contributed by atoms with E-state index < -0.39 is 5.41 Å². The molecule has 2 fully saturated rings. The predicted molar refractivity (Wildman–Crippen MR) is 73.3 cm³/mol. The van der Waals surface area contributed by atoms with Crippen LogP contribution < -0.4 is 11.1 Å². The van der Waals surface area contributed by atoms with Crippen molar-refractivity contribution < 1.29 is 9.59 Å². The van der Waals surface area contributed by atoms with Crippen LogP contribution >= 0.6 is 0 Å². The molecular formula is C14H25N3O2. The third-order valence-corrected chi connectivity index (χ3v) is 4.97. The molecule has 0 radical (unpaired) electrons.